The first-order chi connectivity index (χ1) is 14.7. The number of para-hydroxylation sites is 1. The second-order valence-electron chi connectivity index (χ2n) is 6.38. The largest absolute Gasteiger partial charge is 0.457 e. The van der Waals surface area contributed by atoms with Crippen LogP contribution in [0.3, 0.4) is 0 Å². The summed E-state index contributed by atoms with van der Waals surface area (Å²) in [6.45, 7) is 7.83. The Morgan fingerprint density at radius 2 is 1.63 bits per heavy atom. The first-order valence-electron chi connectivity index (χ1n) is 9.87. The van der Waals surface area contributed by atoms with Gasteiger partial charge in [0.2, 0.25) is 0 Å². The minimum atomic E-state index is -0.300. The molecule has 0 saturated heterocycles. The number of hydrogen-bond donors (Lipinski definition) is 0. The number of benzene rings is 3. The Labute approximate surface area is 176 Å². The highest BCUT2D eigenvalue weighted by molar-refractivity contribution is 5.90. The van der Waals surface area contributed by atoms with Crippen molar-refractivity contribution in [3.63, 3.8) is 0 Å². The molecule has 3 nitrogen and oxygen atoms in total. The van der Waals surface area contributed by atoms with Crippen LogP contribution in [0.4, 0.5) is 4.39 Å². The lowest BCUT2D eigenvalue weighted by atomic mass is 10.1. The molecule has 150 valence electrons. The molecule has 0 radical (unpaired) electrons. The first kappa shape index (κ1) is 20.9. The third-order valence-corrected chi connectivity index (χ3v) is 4.56. The van der Waals surface area contributed by atoms with Crippen LogP contribution in [0.2, 0.25) is 0 Å². The third kappa shape index (κ3) is 4.26. The molecular weight excluding hydrogens is 375 g/mol. The summed E-state index contributed by atoms with van der Waals surface area (Å²) in [5.74, 6) is 0.921. The highest BCUT2D eigenvalue weighted by Gasteiger charge is 2.13. The number of ether oxygens (including phenoxy) is 1. The van der Waals surface area contributed by atoms with Gasteiger partial charge in [0.1, 0.15) is 23.4 Å². The van der Waals surface area contributed by atoms with Gasteiger partial charge in [0, 0.05) is 17.3 Å². The van der Waals surface area contributed by atoms with Crippen LogP contribution < -0.4 is 4.74 Å². The number of halogens is 1. The Kier molecular flexibility index (Phi) is 6.67. The van der Waals surface area contributed by atoms with Crippen LogP contribution in [-0.4, -0.2) is 4.57 Å². The molecule has 0 amide bonds. The number of aromatic nitrogens is 1. The average molecular weight is 398 g/mol. The van der Waals surface area contributed by atoms with Crippen molar-refractivity contribution in [3.8, 4) is 23.3 Å². The van der Waals surface area contributed by atoms with Crippen LogP contribution in [0.1, 0.15) is 25.0 Å². The lowest BCUT2D eigenvalue weighted by molar-refractivity contribution is 0.480. The van der Waals surface area contributed by atoms with Gasteiger partial charge in [0.05, 0.1) is 11.1 Å². The van der Waals surface area contributed by atoms with E-state index in [0.717, 1.165) is 28.6 Å². The molecule has 0 saturated carbocycles. The van der Waals surface area contributed by atoms with E-state index in [1.165, 1.54) is 12.1 Å². The quantitative estimate of drug-likeness (QED) is 0.334. The lowest BCUT2D eigenvalue weighted by Crippen LogP contribution is -1.94. The van der Waals surface area contributed by atoms with E-state index >= 15 is 0 Å². The van der Waals surface area contributed by atoms with Gasteiger partial charge in [0.25, 0.3) is 0 Å². The number of nitriles is 1. The minimum absolute atomic E-state index is 0.300. The van der Waals surface area contributed by atoms with Crippen molar-refractivity contribution in [1.29, 1.82) is 5.26 Å². The van der Waals surface area contributed by atoms with E-state index in [1.54, 1.807) is 12.1 Å². The number of rotatable bonds is 5. The van der Waals surface area contributed by atoms with Crippen molar-refractivity contribution in [2.45, 2.75) is 20.3 Å². The highest BCUT2D eigenvalue weighted by Crippen LogP contribution is 2.30. The topological polar surface area (TPSA) is 38.0 Å². The van der Waals surface area contributed by atoms with E-state index in [-0.39, 0.29) is 5.82 Å². The zero-order valence-electron chi connectivity index (χ0n) is 17.1. The second kappa shape index (κ2) is 9.58. The molecule has 0 N–H and O–H groups in total. The third-order valence-electron chi connectivity index (χ3n) is 4.56. The SMILES string of the molecule is C=CCc1cn(-c2ccc(Oc3ccc(F)cc3)cc2)c2c(C#N)cccc12.CC. The molecule has 0 bridgehead atoms. The van der Waals surface area contributed by atoms with E-state index in [9.17, 15) is 9.65 Å². The maximum Gasteiger partial charge on any atom is 0.127 e. The normalized spacial score (nSPS) is 10.1. The molecule has 30 heavy (non-hydrogen) atoms. The van der Waals surface area contributed by atoms with Gasteiger partial charge in [-0.1, -0.05) is 32.1 Å². The molecule has 4 rings (SSSR count). The molecule has 1 aromatic heterocycles. The summed E-state index contributed by atoms with van der Waals surface area (Å²) in [6.07, 6.45) is 4.63. The number of fused-ring (bicyclic) bond motifs is 1. The van der Waals surface area contributed by atoms with Gasteiger partial charge in [-0.3, -0.25) is 0 Å². The summed E-state index contributed by atoms with van der Waals surface area (Å²) >= 11 is 0. The Bertz CT molecular complexity index is 1180. The number of nitrogens with zero attached hydrogens (tertiary/aromatic N) is 2. The maximum absolute atomic E-state index is 13.0. The smallest absolute Gasteiger partial charge is 0.127 e. The average Bonchev–Trinajstić information content (AvgIpc) is 3.16. The van der Waals surface area contributed by atoms with E-state index in [4.69, 9.17) is 4.74 Å². The molecular formula is C26H23FN2O. The van der Waals surface area contributed by atoms with Gasteiger partial charge in [-0.05, 0) is 66.6 Å². The molecule has 0 spiro atoms. The molecule has 4 aromatic rings. The first-order valence-corrected chi connectivity index (χ1v) is 9.87. The van der Waals surface area contributed by atoms with Crippen LogP contribution in [0.15, 0.2) is 85.6 Å². The predicted octanol–water partition coefficient (Wildman–Crippen LogP) is 7.19. The minimum Gasteiger partial charge on any atom is -0.457 e. The molecule has 1 heterocycles. The van der Waals surface area contributed by atoms with Gasteiger partial charge in [0.15, 0.2) is 0 Å². The monoisotopic (exact) mass is 398 g/mol. The molecule has 0 atom stereocenters. The Morgan fingerprint density at radius 1 is 1.00 bits per heavy atom. The van der Waals surface area contributed by atoms with Crippen molar-refractivity contribution in [1.82, 2.24) is 4.57 Å². The Balaban J connectivity index is 0.00000124. The summed E-state index contributed by atoms with van der Waals surface area (Å²) in [7, 11) is 0. The molecule has 0 fully saturated rings. The van der Waals surface area contributed by atoms with Crippen LogP contribution >= 0.6 is 0 Å². The number of allylic oxidation sites excluding steroid dienone is 1. The van der Waals surface area contributed by atoms with E-state index in [2.05, 4.69) is 12.6 Å². The molecule has 0 unspecified atom stereocenters. The fourth-order valence-corrected chi connectivity index (χ4v) is 3.28. The van der Waals surface area contributed by atoms with Crippen molar-refractivity contribution in [2.24, 2.45) is 0 Å². The second-order valence-corrected chi connectivity index (χ2v) is 6.38. The van der Waals surface area contributed by atoms with Gasteiger partial charge < -0.3 is 9.30 Å². The zero-order chi connectivity index (χ0) is 21.5. The highest BCUT2D eigenvalue weighted by atomic mass is 19.1. The zero-order valence-corrected chi connectivity index (χ0v) is 17.1. The van der Waals surface area contributed by atoms with Gasteiger partial charge in [-0.25, -0.2) is 4.39 Å². The van der Waals surface area contributed by atoms with Crippen molar-refractivity contribution in [3.05, 3.63) is 103 Å². The lowest BCUT2D eigenvalue weighted by Gasteiger charge is -2.09. The van der Waals surface area contributed by atoms with Gasteiger partial charge >= 0.3 is 0 Å². The summed E-state index contributed by atoms with van der Waals surface area (Å²) in [5.41, 5.74) is 3.55. The molecule has 3 aromatic carbocycles. The van der Waals surface area contributed by atoms with Crippen molar-refractivity contribution in [2.75, 3.05) is 0 Å². The van der Waals surface area contributed by atoms with Crippen LogP contribution in [0.25, 0.3) is 16.6 Å². The van der Waals surface area contributed by atoms with E-state index < -0.39 is 0 Å². The van der Waals surface area contributed by atoms with E-state index in [1.807, 2.05) is 73.2 Å². The molecule has 0 aliphatic rings. The van der Waals surface area contributed by atoms with Crippen LogP contribution in [-0.2, 0) is 6.42 Å². The summed E-state index contributed by atoms with van der Waals surface area (Å²) in [6, 6.07) is 21.5. The predicted molar refractivity (Wildman–Crippen MR) is 120 cm³/mol. The van der Waals surface area contributed by atoms with Crippen LogP contribution in [0, 0.1) is 17.1 Å². The number of hydrogen-bond acceptors (Lipinski definition) is 2. The van der Waals surface area contributed by atoms with Crippen molar-refractivity contribution < 1.29 is 9.13 Å². The van der Waals surface area contributed by atoms with Crippen LogP contribution in [0.5, 0.6) is 11.5 Å². The molecule has 0 aliphatic carbocycles. The van der Waals surface area contributed by atoms with Crippen molar-refractivity contribution >= 4 is 10.9 Å². The Morgan fingerprint density at radius 3 is 2.23 bits per heavy atom. The van der Waals surface area contributed by atoms with E-state index in [0.29, 0.717) is 17.1 Å². The Hall–Kier alpha value is -3.84. The molecule has 4 heteroatoms. The summed E-state index contributed by atoms with van der Waals surface area (Å²) in [4.78, 5) is 0. The molecule has 0 aliphatic heterocycles. The maximum atomic E-state index is 13.0. The standard InChI is InChI=1S/C24H17FN2O.C2H6/c1-2-4-18-16-27(24-17(15-26)5-3-6-23(18)24)20-9-13-22(14-10-20)28-21-11-7-19(25)8-12-21;1-2/h2-3,5-14,16H,1,4H2;1-2H3. The van der Waals surface area contributed by atoms with Gasteiger partial charge in [-0.15, -0.1) is 6.58 Å². The summed E-state index contributed by atoms with van der Waals surface area (Å²) < 4.78 is 20.8. The van der Waals surface area contributed by atoms with Gasteiger partial charge in [-0.2, -0.15) is 5.26 Å². The summed E-state index contributed by atoms with van der Waals surface area (Å²) in [5, 5.41) is 10.6. The fourth-order valence-electron chi connectivity index (χ4n) is 3.28. The fraction of sp³-hybridized carbons (Fsp3) is 0.115.